The van der Waals surface area contributed by atoms with E-state index < -0.39 is 114 Å². The molecule has 53 heavy (non-hydrogen) atoms. The number of esters is 1. The summed E-state index contributed by atoms with van der Waals surface area (Å²) in [4.78, 5) is 16.1. The predicted molar refractivity (Wildman–Crippen MR) is 191 cm³/mol. The van der Waals surface area contributed by atoms with Crippen LogP contribution in [0.4, 0.5) is 0 Å². The van der Waals surface area contributed by atoms with E-state index in [1.807, 2.05) is 39.8 Å². The van der Waals surface area contributed by atoms with Gasteiger partial charge in [-0.3, -0.25) is 4.79 Å². The molecule has 15 nitrogen and oxygen atoms in total. The van der Waals surface area contributed by atoms with Crippen molar-refractivity contribution in [1.29, 1.82) is 0 Å². The highest BCUT2D eigenvalue weighted by molar-refractivity contribution is 5.73. The van der Waals surface area contributed by atoms with E-state index in [-0.39, 0.29) is 25.0 Å². The minimum Gasteiger partial charge on any atom is -0.459 e. The molecule has 0 saturated carbocycles. The van der Waals surface area contributed by atoms with Crippen LogP contribution in [0.3, 0.4) is 0 Å². The number of methoxy groups -OCH3 is 2. The molecule has 4 heterocycles. The maximum Gasteiger partial charge on any atom is 0.311 e. The molecule has 0 spiro atoms. The monoisotopic (exact) mass is 763 g/mol. The number of likely N-dealkylation sites (N-methyl/N-ethyl adjacent to an activating group) is 1. The molecule has 0 radical (unpaired) electrons. The van der Waals surface area contributed by atoms with E-state index in [0.29, 0.717) is 6.42 Å². The van der Waals surface area contributed by atoms with Crippen molar-refractivity contribution in [2.24, 2.45) is 23.7 Å². The zero-order valence-electron chi connectivity index (χ0n) is 34.2. The maximum atomic E-state index is 14.2. The zero-order chi connectivity index (χ0) is 40.2. The Bertz CT molecular complexity index is 1240. The number of aliphatic hydroxyl groups excluding tert-OH is 3. The maximum absolute atomic E-state index is 14.2. The largest absolute Gasteiger partial charge is 0.459 e. The number of aliphatic hydroxyl groups is 5. The molecule has 4 aliphatic heterocycles. The lowest BCUT2D eigenvalue weighted by Crippen LogP contribution is -2.70. The van der Waals surface area contributed by atoms with Crippen molar-refractivity contribution in [3.8, 4) is 0 Å². The van der Waals surface area contributed by atoms with Crippen LogP contribution in [0.5, 0.6) is 0 Å². The third-order valence-electron chi connectivity index (χ3n) is 13.0. The minimum atomic E-state index is -2.01. The van der Waals surface area contributed by atoms with Crippen molar-refractivity contribution in [1.82, 2.24) is 4.90 Å². The molecule has 15 heteroatoms. The molecule has 4 fully saturated rings. The number of fused-ring (bicyclic) bond motifs is 2. The molecule has 4 aliphatic rings. The Balaban J connectivity index is 1.88. The Morgan fingerprint density at radius 1 is 0.811 bits per heavy atom. The molecule has 0 aliphatic carbocycles. The highest BCUT2D eigenvalue weighted by Gasteiger charge is 2.62. The van der Waals surface area contributed by atoms with Crippen molar-refractivity contribution in [3.05, 3.63) is 0 Å². The van der Waals surface area contributed by atoms with Crippen LogP contribution in [-0.4, -0.2) is 161 Å². The van der Waals surface area contributed by atoms with Gasteiger partial charge in [-0.2, -0.15) is 0 Å². The van der Waals surface area contributed by atoms with E-state index in [1.165, 1.54) is 21.1 Å². The summed E-state index contributed by atoms with van der Waals surface area (Å²) in [7, 11) is 6.78. The van der Waals surface area contributed by atoms with Crippen LogP contribution in [0, 0.1) is 23.7 Å². The van der Waals surface area contributed by atoms with Gasteiger partial charge in [-0.1, -0.05) is 20.8 Å². The lowest BCUT2D eigenvalue weighted by atomic mass is 9.69. The Labute approximate surface area is 315 Å². The molecular formula is C38H69NO14. The number of hydrogen-bond donors (Lipinski definition) is 5. The van der Waals surface area contributed by atoms with Gasteiger partial charge < -0.3 is 68.3 Å². The molecule has 0 amide bonds. The van der Waals surface area contributed by atoms with Crippen LogP contribution in [0.1, 0.15) is 88.5 Å². The molecule has 5 N–H and O–H groups in total. The van der Waals surface area contributed by atoms with Crippen LogP contribution in [0.25, 0.3) is 0 Å². The highest BCUT2D eigenvalue weighted by Crippen LogP contribution is 2.48. The van der Waals surface area contributed by atoms with E-state index in [0.717, 1.165) is 0 Å². The number of cyclic esters (lactones) is 1. The Kier molecular flexibility index (Phi) is 13.8. The van der Waals surface area contributed by atoms with E-state index in [2.05, 4.69) is 0 Å². The SMILES string of the molecule is CO[C@]1(C)C[C@@H](C)C2(O)O[C@H]([C@H](C)OC(=O)[C@H](C)[C@@H](O[C@H]3C[C@@](C)(OC)[C@@H](O)[C@H](C)O3)[C@H](C)[C@H]1O[C@@H]1O[C@H](C)C[C@H](N(C)C)[C@H]1O)[C@@](C)(O)[C@H](O)[C@H]2C. The number of carbonyl (C=O) groups excluding carboxylic acids is 1. The van der Waals surface area contributed by atoms with Gasteiger partial charge in [0, 0.05) is 44.4 Å². The fraction of sp³-hybridized carbons (Fsp3) is 0.974. The lowest BCUT2D eigenvalue weighted by molar-refractivity contribution is -0.382. The summed E-state index contributed by atoms with van der Waals surface area (Å²) < 4.78 is 50.4. The van der Waals surface area contributed by atoms with Gasteiger partial charge >= 0.3 is 5.97 Å². The first kappa shape index (κ1) is 44.7. The van der Waals surface area contributed by atoms with Crippen LogP contribution >= 0.6 is 0 Å². The first-order chi connectivity index (χ1) is 24.4. The van der Waals surface area contributed by atoms with Crippen molar-refractivity contribution < 1.29 is 68.2 Å². The van der Waals surface area contributed by atoms with E-state index in [1.54, 1.807) is 41.5 Å². The third kappa shape index (κ3) is 8.48. The van der Waals surface area contributed by atoms with Crippen LogP contribution in [-0.2, 0) is 42.7 Å². The fourth-order valence-corrected chi connectivity index (χ4v) is 9.29. The average molecular weight is 764 g/mol. The predicted octanol–water partition coefficient (Wildman–Crippen LogP) is 1.57. The zero-order valence-corrected chi connectivity index (χ0v) is 34.2. The molecule has 4 saturated heterocycles. The van der Waals surface area contributed by atoms with Gasteiger partial charge in [0.2, 0.25) is 0 Å². The third-order valence-corrected chi connectivity index (χ3v) is 13.0. The number of carbonyl (C=O) groups is 1. The molecule has 2 bridgehead atoms. The summed E-state index contributed by atoms with van der Waals surface area (Å²) in [6, 6.07) is -0.289. The van der Waals surface area contributed by atoms with Crippen LogP contribution < -0.4 is 0 Å². The molecule has 310 valence electrons. The van der Waals surface area contributed by atoms with Gasteiger partial charge in [0.25, 0.3) is 0 Å². The molecule has 20 atom stereocenters. The van der Waals surface area contributed by atoms with Gasteiger partial charge in [0.1, 0.15) is 30.0 Å². The fourth-order valence-electron chi connectivity index (χ4n) is 9.29. The molecule has 0 aromatic carbocycles. The number of ether oxygens (including phenoxy) is 8. The summed E-state index contributed by atoms with van der Waals surface area (Å²) in [5, 5.41) is 57.9. The Hall–Kier alpha value is -1.05. The summed E-state index contributed by atoms with van der Waals surface area (Å²) in [5.41, 5.74) is -4.21. The first-order valence-corrected chi connectivity index (χ1v) is 19.1. The van der Waals surface area contributed by atoms with Crippen LogP contribution in [0.2, 0.25) is 0 Å². The molecule has 0 aromatic heterocycles. The molecule has 1 unspecified atom stereocenters. The summed E-state index contributed by atoms with van der Waals surface area (Å²) in [6.07, 6.45) is -10.1. The number of nitrogens with zero attached hydrogens (tertiary/aromatic N) is 1. The quantitative estimate of drug-likeness (QED) is 0.234. The first-order valence-electron chi connectivity index (χ1n) is 19.1. The lowest BCUT2D eigenvalue weighted by Gasteiger charge is -2.55. The van der Waals surface area contributed by atoms with Crippen LogP contribution in [0.15, 0.2) is 0 Å². The summed E-state index contributed by atoms with van der Waals surface area (Å²) >= 11 is 0. The Morgan fingerprint density at radius 2 is 1.42 bits per heavy atom. The topological polar surface area (TPSA) is 195 Å². The van der Waals surface area contributed by atoms with Gasteiger partial charge in [0.15, 0.2) is 18.4 Å². The molecule has 4 rings (SSSR count). The standard InChI is InChI=1S/C38H69NO14/c1-18-16-36(9,47-14)31(52-34-27(40)25(39(11)12)15-19(2)48-34)20(3)28(51-26-17-35(8,46-13)30(42)23(6)49-26)21(4)33(43)50-24(7)32-37(10,44)29(41)22(5)38(18,45)53-32/h18-32,34,40-42,44-45H,15-17H2,1-14H3/t18-,19-,20+,21-,22-,23+,24+,25+,26+,27-,28+,29-,30+,31-,32-,34+,35-,36-,37+,38?/m1/s1. The van der Waals surface area contributed by atoms with Gasteiger partial charge in [0.05, 0.1) is 47.6 Å². The van der Waals surface area contributed by atoms with Gasteiger partial charge in [-0.05, 0) is 75.4 Å². The van der Waals surface area contributed by atoms with Crippen molar-refractivity contribution >= 4 is 5.97 Å². The number of rotatable bonds is 7. The van der Waals surface area contributed by atoms with Crippen molar-refractivity contribution in [3.63, 3.8) is 0 Å². The van der Waals surface area contributed by atoms with Gasteiger partial charge in [-0.15, -0.1) is 0 Å². The smallest absolute Gasteiger partial charge is 0.311 e. The van der Waals surface area contributed by atoms with Crippen molar-refractivity contribution in [2.45, 2.75) is 185 Å². The number of hydrogen-bond acceptors (Lipinski definition) is 15. The van der Waals surface area contributed by atoms with E-state index in [4.69, 9.17) is 37.9 Å². The summed E-state index contributed by atoms with van der Waals surface area (Å²) in [6.45, 7) is 17.0. The highest BCUT2D eigenvalue weighted by atomic mass is 16.7. The normalized spacial score (nSPS) is 53.3. The second kappa shape index (κ2) is 16.4. The Morgan fingerprint density at radius 3 is 1.98 bits per heavy atom. The van der Waals surface area contributed by atoms with E-state index >= 15 is 0 Å². The average Bonchev–Trinajstić information content (AvgIpc) is 3.09. The van der Waals surface area contributed by atoms with Gasteiger partial charge in [-0.25, -0.2) is 0 Å². The second-order valence-corrected chi connectivity index (χ2v) is 17.3. The summed E-state index contributed by atoms with van der Waals surface area (Å²) in [5.74, 6) is -6.17. The van der Waals surface area contributed by atoms with E-state index in [9.17, 15) is 30.3 Å². The second-order valence-electron chi connectivity index (χ2n) is 17.3. The molecular weight excluding hydrogens is 694 g/mol. The minimum absolute atomic E-state index is 0.0889. The molecule has 0 aromatic rings. The van der Waals surface area contributed by atoms with Crippen molar-refractivity contribution in [2.75, 3.05) is 28.3 Å².